The zero-order chi connectivity index (χ0) is 14.1. The third-order valence-electron chi connectivity index (χ3n) is 3.08. The number of carbonyl (C=O) groups excluding carboxylic acids is 1. The second-order valence-electron chi connectivity index (χ2n) is 4.43. The summed E-state index contributed by atoms with van der Waals surface area (Å²) in [7, 11) is 0. The Bertz CT molecular complexity index is 793. The Labute approximate surface area is 114 Å². The molecule has 6 nitrogen and oxygen atoms in total. The lowest BCUT2D eigenvalue weighted by molar-refractivity contribution is 0.102. The molecule has 3 aromatic rings. The predicted molar refractivity (Wildman–Crippen MR) is 79.3 cm³/mol. The van der Waals surface area contributed by atoms with Crippen molar-refractivity contribution in [2.24, 2.45) is 0 Å². The van der Waals surface area contributed by atoms with Gasteiger partial charge in [-0.1, -0.05) is 6.07 Å². The molecule has 2 aromatic carbocycles. The Balaban J connectivity index is 1.90. The van der Waals surface area contributed by atoms with Gasteiger partial charge in [-0.3, -0.25) is 9.89 Å². The van der Waals surface area contributed by atoms with Gasteiger partial charge in [0.25, 0.3) is 5.91 Å². The Hall–Kier alpha value is -3.02. The van der Waals surface area contributed by atoms with E-state index >= 15 is 0 Å². The number of fused-ring (bicyclic) bond motifs is 1. The average molecular weight is 267 g/mol. The van der Waals surface area contributed by atoms with E-state index in [-0.39, 0.29) is 11.6 Å². The molecule has 0 aliphatic heterocycles. The minimum absolute atomic E-state index is 0.285. The SMILES string of the molecule is Nc1cccc(C(=O)Nc2ccc3cn[nH]c3c2)c1N. The summed E-state index contributed by atoms with van der Waals surface area (Å²) in [5.74, 6) is -0.298. The number of aromatic nitrogens is 2. The highest BCUT2D eigenvalue weighted by Gasteiger charge is 2.11. The van der Waals surface area contributed by atoms with Crippen LogP contribution in [0.2, 0.25) is 0 Å². The molecule has 0 spiro atoms. The van der Waals surface area contributed by atoms with Crippen LogP contribution in [0.3, 0.4) is 0 Å². The molecule has 20 heavy (non-hydrogen) atoms. The van der Waals surface area contributed by atoms with E-state index in [9.17, 15) is 4.79 Å². The van der Waals surface area contributed by atoms with Crippen molar-refractivity contribution >= 4 is 33.9 Å². The fourth-order valence-corrected chi connectivity index (χ4v) is 1.99. The molecule has 1 amide bonds. The molecule has 1 aromatic heterocycles. The summed E-state index contributed by atoms with van der Waals surface area (Å²) >= 11 is 0. The molecular weight excluding hydrogens is 254 g/mol. The van der Waals surface area contributed by atoms with E-state index in [1.54, 1.807) is 30.5 Å². The van der Waals surface area contributed by atoms with Crippen molar-refractivity contribution < 1.29 is 4.79 Å². The van der Waals surface area contributed by atoms with Gasteiger partial charge in [-0.2, -0.15) is 5.10 Å². The first kappa shape index (κ1) is 12.0. The third-order valence-corrected chi connectivity index (χ3v) is 3.08. The number of nitrogen functional groups attached to an aromatic ring is 2. The van der Waals surface area contributed by atoms with Crippen molar-refractivity contribution in [2.45, 2.75) is 0 Å². The smallest absolute Gasteiger partial charge is 0.257 e. The number of anilines is 3. The molecule has 0 radical (unpaired) electrons. The van der Waals surface area contributed by atoms with E-state index in [1.807, 2.05) is 12.1 Å². The maximum Gasteiger partial charge on any atom is 0.257 e. The van der Waals surface area contributed by atoms with E-state index in [1.165, 1.54) is 0 Å². The summed E-state index contributed by atoms with van der Waals surface area (Å²) in [5, 5.41) is 10.5. The lowest BCUT2D eigenvalue weighted by Gasteiger charge is -2.09. The molecule has 0 aliphatic carbocycles. The largest absolute Gasteiger partial charge is 0.397 e. The number of carbonyl (C=O) groups is 1. The number of benzene rings is 2. The van der Waals surface area contributed by atoms with Crippen LogP contribution in [0.4, 0.5) is 17.1 Å². The topological polar surface area (TPSA) is 110 Å². The number of para-hydroxylation sites is 1. The molecule has 0 atom stereocenters. The number of nitrogens with zero attached hydrogens (tertiary/aromatic N) is 1. The lowest BCUT2D eigenvalue weighted by Crippen LogP contribution is -2.14. The molecule has 6 heteroatoms. The molecule has 100 valence electrons. The number of aromatic amines is 1. The maximum absolute atomic E-state index is 12.2. The standard InChI is InChI=1S/C14H13N5O/c15-11-3-1-2-10(13(11)16)14(20)18-9-5-4-8-7-17-19-12(8)6-9/h1-7H,15-16H2,(H,17,19)(H,18,20). The molecule has 6 N–H and O–H groups in total. The summed E-state index contributed by atoms with van der Waals surface area (Å²) in [6, 6.07) is 10.5. The summed E-state index contributed by atoms with van der Waals surface area (Å²) in [4.78, 5) is 12.2. The lowest BCUT2D eigenvalue weighted by atomic mass is 10.1. The van der Waals surface area contributed by atoms with E-state index in [4.69, 9.17) is 11.5 Å². The van der Waals surface area contributed by atoms with Crippen LogP contribution in [0.25, 0.3) is 10.9 Å². The van der Waals surface area contributed by atoms with Gasteiger partial charge in [-0.25, -0.2) is 0 Å². The van der Waals surface area contributed by atoms with Gasteiger partial charge >= 0.3 is 0 Å². The van der Waals surface area contributed by atoms with Crippen molar-refractivity contribution in [2.75, 3.05) is 16.8 Å². The van der Waals surface area contributed by atoms with Crippen molar-refractivity contribution in [3.05, 3.63) is 48.2 Å². The highest BCUT2D eigenvalue weighted by Crippen LogP contribution is 2.22. The molecule has 0 saturated carbocycles. The van der Waals surface area contributed by atoms with Gasteiger partial charge in [0.05, 0.1) is 28.7 Å². The number of rotatable bonds is 2. The van der Waals surface area contributed by atoms with Gasteiger partial charge in [0.2, 0.25) is 0 Å². The Morgan fingerprint density at radius 1 is 1.20 bits per heavy atom. The Morgan fingerprint density at radius 3 is 2.90 bits per heavy atom. The second kappa shape index (κ2) is 4.58. The van der Waals surface area contributed by atoms with Crippen LogP contribution in [0, 0.1) is 0 Å². The zero-order valence-corrected chi connectivity index (χ0v) is 10.6. The number of H-pyrrole nitrogens is 1. The van der Waals surface area contributed by atoms with Crippen LogP contribution >= 0.6 is 0 Å². The minimum atomic E-state index is -0.298. The Morgan fingerprint density at radius 2 is 2.05 bits per heavy atom. The number of hydrogen-bond donors (Lipinski definition) is 4. The fourth-order valence-electron chi connectivity index (χ4n) is 1.99. The number of nitrogens with one attached hydrogen (secondary N) is 2. The van der Waals surface area contributed by atoms with Crippen LogP contribution in [0.5, 0.6) is 0 Å². The molecule has 1 heterocycles. The van der Waals surface area contributed by atoms with Gasteiger partial charge in [0.15, 0.2) is 0 Å². The quantitative estimate of drug-likeness (QED) is 0.532. The number of nitrogens with two attached hydrogens (primary N) is 2. The van der Waals surface area contributed by atoms with Crippen molar-refractivity contribution in [1.82, 2.24) is 10.2 Å². The first-order chi connectivity index (χ1) is 9.65. The molecule has 0 saturated heterocycles. The van der Waals surface area contributed by atoms with Crippen LogP contribution in [0.1, 0.15) is 10.4 Å². The van der Waals surface area contributed by atoms with Crippen LogP contribution in [-0.2, 0) is 0 Å². The molecule has 0 fully saturated rings. The minimum Gasteiger partial charge on any atom is -0.397 e. The van der Waals surface area contributed by atoms with Gasteiger partial charge < -0.3 is 16.8 Å². The maximum atomic E-state index is 12.2. The van der Waals surface area contributed by atoms with E-state index in [0.29, 0.717) is 16.9 Å². The summed E-state index contributed by atoms with van der Waals surface area (Å²) < 4.78 is 0. The van der Waals surface area contributed by atoms with Crippen molar-refractivity contribution in [1.29, 1.82) is 0 Å². The molecule has 0 bridgehead atoms. The van der Waals surface area contributed by atoms with Gasteiger partial charge in [-0.05, 0) is 30.3 Å². The summed E-state index contributed by atoms with van der Waals surface area (Å²) in [5.41, 5.74) is 14.0. The van der Waals surface area contributed by atoms with Crippen molar-refractivity contribution in [3.8, 4) is 0 Å². The summed E-state index contributed by atoms with van der Waals surface area (Å²) in [6.45, 7) is 0. The zero-order valence-electron chi connectivity index (χ0n) is 10.6. The summed E-state index contributed by atoms with van der Waals surface area (Å²) in [6.07, 6.45) is 1.72. The van der Waals surface area contributed by atoms with E-state index in [0.717, 1.165) is 10.9 Å². The van der Waals surface area contributed by atoms with Gasteiger partial charge in [0.1, 0.15) is 0 Å². The highest BCUT2D eigenvalue weighted by molar-refractivity contribution is 6.09. The molecule has 3 rings (SSSR count). The van der Waals surface area contributed by atoms with Crippen LogP contribution in [0.15, 0.2) is 42.6 Å². The first-order valence-corrected chi connectivity index (χ1v) is 6.03. The highest BCUT2D eigenvalue weighted by atomic mass is 16.1. The van der Waals surface area contributed by atoms with Crippen LogP contribution in [-0.4, -0.2) is 16.1 Å². The molecule has 0 unspecified atom stereocenters. The third kappa shape index (κ3) is 2.03. The van der Waals surface area contributed by atoms with E-state index in [2.05, 4.69) is 15.5 Å². The van der Waals surface area contributed by atoms with Crippen molar-refractivity contribution in [3.63, 3.8) is 0 Å². The second-order valence-corrected chi connectivity index (χ2v) is 4.43. The normalized spacial score (nSPS) is 10.6. The van der Waals surface area contributed by atoms with Gasteiger partial charge in [-0.15, -0.1) is 0 Å². The first-order valence-electron chi connectivity index (χ1n) is 6.03. The fraction of sp³-hybridized carbons (Fsp3) is 0. The molecule has 0 aliphatic rings. The van der Waals surface area contributed by atoms with Crippen LogP contribution < -0.4 is 16.8 Å². The number of amides is 1. The molecular formula is C14H13N5O. The predicted octanol–water partition coefficient (Wildman–Crippen LogP) is 1.98. The van der Waals surface area contributed by atoms with E-state index < -0.39 is 0 Å². The number of hydrogen-bond acceptors (Lipinski definition) is 4. The van der Waals surface area contributed by atoms with Gasteiger partial charge in [0, 0.05) is 11.1 Å². The monoisotopic (exact) mass is 267 g/mol. The average Bonchev–Trinajstić information content (AvgIpc) is 2.89. The Kier molecular flexibility index (Phi) is 2.76.